The van der Waals surface area contributed by atoms with Crippen LogP contribution in [0.25, 0.3) is 11.0 Å². The molecule has 2 fully saturated rings. The Labute approximate surface area is 172 Å². The Morgan fingerprint density at radius 3 is 2.67 bits per heavy atom. The van der Waals surface area contributed by atoms with Crippen LogP contribution in [0.3, 0.4) is 0 Å². The van der Waals surface area contributed by atoms with Crippen LogP contribution in [0.2, 0.25) is 0 Å². The van der Waals surface area contributed by atoms with Crippen LogP contribution < -0.4 is 5.73 Å². The molecular formula is C21H21N5O4. The highest BCUT2D eigenvalue weighted by molar-refractivity contribution is 5.90. The molecule has 2 saturated heterocycles. The van der Waals surface area contributed by atoms with Crippen molar-refractivity contribution >= 4 is 16.9 Å². The van der Waals surface area contributed by atoms with E-state index in [-0.39, 0.29) is 12.4 Å². The molecule has 2 aliphatic heterocycles. The van der Waals surface area contributed by atoms with E-state index in [1.54, 1.807) is 4.68 Å². The molecule has 0 aliphatic carbocycles. The minimum Gasteiger partial charge on any atom is -0.394 e. The summed E-state index contributed by atoms with van der Waals surface area (Å²) in [6.07, 6.45) is -0.716. The first-order chi connectivity index (χ1) is 14.5. The van der Waals surface area contributed by atoms with Crippen molar-refractivity contribution in [2.45, 2.75) is 44.2 Å². The third kappa shape index (κ3) is 3.11. The lowest BCUT2D eigenvalue weighted by Gasteiger charge is -2.23. The van der Waals surface area contributed by atoms with Gasteiger partial charge < -0.3 is 25.1 Å². The highest BCUT2D eigenvalue weighted by atomic mass is 16.8. The van der Waals surface area contributed by atoms with Gasteiger partial charge in [0.2, 0.25) is 0 Å². The second-order valence-corrected chi connectivity index (χ2v) is 7.68. The average molecular weight is 407 g/mol. The number of fused-ring (bicyclic) bond motifs is 2. The van der Waals surface area contributed by atoms with Crippen molar-refractivity contribution in [2.75, 3.05) is 12.3 Å². The molecule has 0 unspecified atom stereocenters. The van der Waals surface area contributed by atoms with Gasteiger partial charge in [0.1, 0.15) is 36.2 Å². The number of aliphatic hydroxyl groups is 1. The molecule has 0 saturated carbocycles. The van der Waals surface area contributed by atoms with Crippen molar-refractivity contribution in [3.63, 3.8) is 0 Å². The van der Waals surface area contributed by atoms with Gasteiger partial charge in [0.05, 0.1) is 12.0 Å². The lowest BCUT2D eigenvalue weighted by molar-refractivity contribution is -0.201. The summed E-state index contributed by atoms with van der Waals surface area (Å²) in [6.45, 7) is 3.46. The third-order valence-corrected chi connectivity index (χ3v) is 5.16. The zero-order chi connectivity index (χ0) is 20.9. The molecule has 0 amide bonds. The molecular weight excluding hydrogens is 386 g/mol. The first-order valence-corrected chi connectivity index (χ1v) is 9.64. The van der Waals surface area contributed by atoms with Crippen molar-refractivity contribution in [1.82, 2.24) is 19.7 Å². The monoisotopic (exact) mass is 407 g/mol. The molecule has 2 aliphatic rings. The standard InChI is InChI=1S/C21H21N5O4/c1-21(2)29-16-14(10-27)28-20(17(16)30-21)26-19-15(18(22)23-11-24-19)13(25-26)9-8-12-6-4-3-5-7-12/h3-7,11,14,16-17,20,27H,10H2,1-2H3,(H2,22,23,24)/t14-,16-,17-,20-/m1/s1. The van der Waals surface area contributed by atoms with E-state index in [1.165, 1.54) is 6.33 Å². The number of hydrogen-bond donors (Lipinski definition) is 2. The fourth-order valence-electron chi connectivity index (χ4n) is 3.92. The van der Waals surface area contributed by atoms with Gasteiger partial charge in [-0.05, 0) is 31.9 Å². The first kappa shape index (κ1) is 19.0. The van der Waals surface area contributed by atoms with Gasteiger partial charge in [0.25, 0.3) is 0 Å². The van der Waals surface area contributed by atoms with Gasteiger partial charge in [-0.25, -0.2) is 14.6 Å². The van der Waals surface area contributed by atoms with Gasteiger partial charge in [0.15, 0.2) is 17.7 Å². The first-order valence-electron chi connectivity index (χ1n) is 9.64. The summed E-state index contributed by atoms with van der Waals surface area (Å²) in [5, 5.41) is 15.0. The molecule has 2 aromatic heterocycles. The fourth-order valence-corrected chi connectivity index (χ4v) is 3.92. The molecule has 9 heteroatoms. The Bertz CT molecular complexity index is 1150. The summed E-state index contributed by atoms with van der Waals surface area (Å²) in [6, 6.07) is 9.58. The SMILES string of the molecule is CC1(C)O[C@@H]2[C@H](O1)[C@@H](CO)O[C@H]2n1nc(C#Cc2ccccc2)c2c(N)ncnc21. The number of rotatable bonds is 2. The minimum atomic E-state index is -0.794. The molecule has 3 N–H and O–H groups in total. The van der Waals surface area contributed by atoms with E-state index in [9.17, 15) is 5.11 Å². The summed E-state index contributed by atoms with van der Waals surface area (Å²) < 4.78 is 19.6. The minimum absolute atomic E-state index is 0.200. The van der Waals surface area contributed by atoms with E-state index in [1.807, 2.05) is 44.2 Å². The van der Waals surface area contributed by atoms with E-state index < -0.39 is 30.3 Å². The number of nitrogens with zero attached hydrogens (tertiary/aromatic N) is 4. The average Bonchev–Trinajstić information content (AvgIpc) is 3.36. The second kappa shape index (κ2) is 7.04. The quantitative estimate of drug-likeness (QED) is 0.609. The number of ether oxygens (including phenoxy) is 3. The maximum atomic E-state index is 9.76. The lowest BCUT2D eigenvalue weighted by Crippen LogP contribution is -2.31. The molecule has 0 spiro atoms. The van der Waals surface area contributed by atoms with Crippen LogP contribution in [-0.2, 0) is 14.2 Å². The zero-order valence-electron chi connectivity index (χ0n) is 16.5. The largest absolute Gasteiger partial charge is 0.394 e. The van der Waals surface area contributed by atoms with Crippen LogP contribution in [0, 0.1) is 11.8 Å². The van der Waals surface area contributed by atoms with Crippen molar-refractivity contribution in [1.29, 1.82) is 0 Å². The Morgan fingerprint density at radius 1 is 1.13 bits per heavy atom. The maximum absolute atomic E-state index is 9.76. The molecule has 4 atom stereocenters. The van der Waals surface area contributed by atoms with Gasteiger partial charge in [-0.2, -0.15) is 5.10 Å². The topological polar surface area (TPSA) is 118 Å². The van der Waals surface area contributed by atoms with Crippen LogP contribution in [0.15, 0.2) is 36.7 Å². The Hall–Kier alpha value is -3.03. The van der Waals surface area contributed by atoms with Crippen LogP contribution in [0.4, 0.5) is 5.82 Å². The van der Waals surface area contributed by atoms with E-state index in [2.05, 4.69) is 26.9 Å². The van der Waals surface area contributed by atoms with Gasteiger partial charge in [-0.15, -0.1) is 0 Å². The van der Waals surface area contributed by atoms with Crippen molar-refractivity contribution in [3.05, 3.63) is 47.9 Å². The molecule has 5 rings (SSSR count). The smallest absolute Gasteiger partial charge is 0.181 e. The number of nitrogens with two attached hydrogens (primary N) is 1. The molecule has 1 aromatic carbocycles. The van der Waals surface area contributed by atoms with Crippen LogP contribution in [0.5, 0.6) is 0 Å². The Morgan fingerprint density at radius 2 is 1.90 bits per heavy atom. The highest BCUT2D eigenvalue weighted by Gasteiger charge is 2.56. The number of aliphatic hydroxyl groups excluding tert-OH is 1. The van der Waals surface area contributed by atoms with Crippen molar-refractivity contribution in [2.24, 2.45) is 0 Å². The van der Waals surface area contributed by atoms with E-state index in [4.69, 9.17) is 19.9 Å². The van der Waals surface area contributed by atoms with Gasteiger partial charge in [-0.1, -0.05) is 24.1 Å². The number of benzene rings is 1. The zero-order valence-corrected chi connectivity index (χ0v) is 16.5. The third-order valence-electron chi connectivity index (χ3n) is 5.16. The predicted molar refractivity (Wildman–Crippen MR) is 107 cm³/mol. The van der Waals surface area contributed by atoms with E-state index >= 15 is 0 Å². The summed E-state index contributed by atoms with van der Waals surface area (Å²) in [5.41, 5.74) is 7.91. The van der Waals surface area contributed by atoms with Crippen LogP contribution in [0.1, 0.15) is 31.3 Å². The van der Waals surface area contributed by atoms with Crippen LogP contribution >= 0.6 is 0 Å². The highest BCUT2D eigenvalue weighted by Crippen LogP contribution is 2.43. The molecule has 9 nitrogen and oxygen atoms in total. The summed E-state index contributed by atoms with van der Waals surface area (Å²) >= 11 is 0. The molecule has 30 heavy (non-hydrogen) atoms. The summed E-state index contributed by atoms with van der Waals surface area (Å²) in [7, 11) is 0. The number of nitrogen functional groups attached to an aromatic ring is 1. The molecule has 0 radical (unpaired) electrons. The number of aromatic nitrogens is 4. The van der Waals surface area contributed by atoms with E-state index in [0.29, 0.717) is 16.7 Å². The van der Waals surface area contributed by atoms with Gasteiger partial charge in [-0.3, -0.25) is 0 Å². The van der Waals surface area contributed by atoms with Crippen molar-refractivity contribution in [3.8, 4) is 11.8 Å². The second-order valence-electron chi connectivity index (χ2n) is 7.68. The van der Waals surface area contributed by atoms with Crippen molar-refractivity contribution < 1.29 is 19.3 Å². The van der Waals surface area contributed by atoms with Gasteiger partial charge >= 0.3 is 0 Å². The lowest BCUT2D eigenvalue weighted by atomic mass is 10.1. The van der Waals surface area contributed by atoms with Crippen LogP contribution in [-0.4, -0.2) is 55.6 Å². The Kier molecular flexibility index (Phi) is 4.45. The Balaban J connectivity index is 1.61. The molecule has 3 aromatic rings. The number of hydrogen-bond acceptors (Lipinski definition) is 8. The molecule has 4 heterocycles. The fraction of sp³-hybridized carbons (Fsp3) is 0.381. The summed E-state index contributed by atoms with van der Waals surface area (Å²) in [4.78, 5) is 8.46. The van der Waals surface area contributed by atoms with E-state index in [0.717, 1.165) is 5.56 Å². The molecule has 154 valence electrons. The molecule has 0 bridgehead atoms. The predicted octanol–water partition coefficient (Wildman–Crippen LogP) is 1.22. The summed E-state index contributed by atoms with van der Waals surface area (Å²) in [5.74, 6) is 5.65. The normalized spacial score (nSPS) is 27.0. The number of anilines is 1. The van der Waals surface area contributed by atoms with Gasteiger partial charge in [0, 0.05) is 5.56 Å². The maximum Gasteiger partial charge on any atom is 0.181 e.